The number of ether oxygens (including phenoxy) is 1. The summed E-state index contributed by atoms with van der Waals surface area (Å²) in [5.41, 5.74) is -0.0311. The van der Waals surface area contributed by atoms with E-state index in [1.807, 2.05) is 0 Å². The Labute approximate surface area is 282 Å². The normalized spacial score (nSPS) is 12.9. The highest BCUT2D eigenvalue weighted by atomic mass is 32.8. The maximum Gasteiger partial charge on any atom is 0.297 e. The van der Waals surface area contributed by atoms with E-state index in [9.17, 15) is 35.8 Å². The predicted octanol–water partition coefficient (Wildman–Crippen LogP) is 6.19. The minimum Gasteiger partial charge on any atom is -0.505 e. The number of rotatable bonds is 11. The molecule has 0 saturated heterocycles. The van der Waals surface area contributed by atoms with E-state index in [1.165, 1.54) is 44.4 Å². The van der Waals surface area contributed by atoms with E-state index in [-0.39, 0.29) is 51.0 Å². The van der Waals surface area contributed by atoms with E-state index in [1.54, 1.807) is 36.4 Å². The van der Waals surface area contributed by atoms with Crippen LogP contribution in [0.1, 0.15) is 15.9 Å². The molecule has 0 aliphatic heterocycles. The molecule has 4 N–H and O–H groups in total. The van der Waals surface area contributed by atoms with Crippen LogP contribution >= 0.6 is 0 Å². The molecular weight excluding hydrogens is 703 g/mol. The number of amides is 1. The number of methoxy groups -OCH3 is 1. The van der Waals surface area contributed by atoms with Crippen molar-refractivity contribution in [2.24, 2.45) is 10.2 Å². The van der Waals surface area contributed by atoms with Gasteiger partial charge in [0.15, 0.2) is 5.75 Å². The van der Waals surface area contributed by atoms with Crippen LogP contribution in [0.5, 0.6) is 5.75 Å². The van der Waals surface area contributed by atoms with Gasteiger partial charge in [0, 0.05) is 38.1 Å². The molecule has 0 aliphatic rings. The molecule has 0 radical (unpaired) electrons. The average molecular weight is 730 g/mol. The third kappa shape index (κ3) is 7.58. The lowest BCUT2D eigenvalue weighted by molar-refractivity contribution is 0.102. The molecule has 1 unspecified atom stereocenters. The predicted molar refractivity (Wildman–Crippen MR) is 183 cm³/mol. The third-order valence-electron chi connectivity index (χ3n) is 7.04. The Morgan fingerprint density at radius 2 is 1.62 bits per heavy atom. The zero-order valence-electron chi connectivity index (χ0n) is 25.1. The molecule has 0 aliphatic carbocycles. The first-order chi connectivity index (χ1) is 22.7. The van der Waals surface area contributed by atoms with Crippen LogP contribution in [-0.2, 0) is 50.1 Å². The van der Waals surface area contributed by atoms with Crippen LogP contribution in [0.2, 0.25) is 0 Å². The fraction of sp³-hybridized carbons (Fsp3) is 0.129. The molecule has 1 amide bonds. The van der Waals surface area contributed by atoms with Gasteiger partial charge in [0.1, 0.15) is 16.3 Å². The second-order valence-corrected chi connectivity index (χ2v) is 15.1. The third-order valence-corrected chi connectivity index (χ3v) is 10.7. The van der Waals surface area contributed by atoms with Crippen LogP contribution in [0, 0.1) is 6.92 Å². The molecule has 0 heterocycles. The lowest BCUT2D eigenvalue weighted by atomic mass is 10.0. The topological polar surface area (TPSA) is 201 Å². The van der Waals surface area contributed by atoms with E-state index in [4.69, 9.17) is 20.1 Å². The second kappa shape index (κ2) is 14.1. The Hall–Kier alpha value is -4.20. The zero-order chi connectivity index (χ0) is 34.8. The van der Waals surface area contributed by atoms with E-state index >= 15 is 0 Å². The van der Waals surface area contributed by atoms with Gasteiger partial charge in [-0.25, -0.2) is 0 Å². The zero-order valence-corrected chi connectivity index (χ0v) is 28.4. The Morgan fingerprint density at radius 1 is 0.896 bits per heavy atom. The molecule has 5 rings (SSSR count). The van der Waals surface area contributed by atoms with Crippen molar-refractivity contribution >= 4 is 85.7 Å². The Morgan fingerprint density at radius 3 is 2.29 bits per heavy atom. The lowest BCUT2D eigenvalue weighted by Gasteiger charge is -2.15. The van der Waals surface area contributed by atoms with Crippen molar-refractivity contribution < 1.29 is 44.8 Å². The smallest absolute Gasteiger partial charge is 0.297 e. The standard InChI is InChI=1S/C31H27N3O10S4/c1-18-14-21-16-23(47(37,38)39)17-26(32-31(36)19-6-4-3-5-7-19)27(21)29(35)28(18)34-33-25-11-8-20-15-22(46(45)44-13-12-43-2)9-10-24(20)30(25)48(40,41)42/h3-11,14-17,35H,12-13H2,1-2H3,(H,32,36)(H,37,38,39)(H,40,41,42)/b34-33-. The molecular formula is C31H27N3O10S4. The van der Waals surface area contributed by atoms with Gasteiger partial charge in [-0.3, -0.25) is 13.9 Å². The maximum absolute atomic E-state index is 13.0. The minimum atomic E-state index is -4.85. The van der Waals surface area contributed by atoms with Gasteiger partial charge >= 0.3 is 0 Å². The first-order valence-corrected chi connectivity index (χ1v) is 18.8. The molecule has 13 nitrogen and oxygen atoms in total. The summed E-state index contributed by atoms with van der Waals surface area (Å²) in [7, 11) is -9.09. The molecule has 0 spiro atoms. The Kier molecular flexibility index (Phi) is 10.3. The van der Waals surface area contributed by atoms with Gasteiger partial charge in [-0.2, -0.15) is 16.8 Å². The number of benzene rings is 5. The summed E-state index contributed by atoms with van der Waals surface area (Å²) in [6, 6.07) is 19.1. The van der Waals surface area contributed by atoms with Gasteiger partial charge in [0.25, 0.3) is 26.1 Å². The maximum atomic E-state index is 13.0. The van der Waals surface area contributed by atoms with E-state index < -0.39 is 51.4 Å². The summed E-state index contributed by atoms with van der Waals surface area (Å²) in [4.78, 5) is 12.5. The number of phenols is 1. The van der Waals surface area contributed by atoms with Gasteiger partial charge in [0.05, 0.1) is 23.8 Å². The monoisotopic (exact) mass is 729 g/mol. The number of phenolic OH excluding ortho intramolecular Hbond substituents is 1. The molecule has 250 valence electrons. The number of anilines is 1. The first-order valence-electron chi connectivity index (χ1n) is 13.8. The first kappa shape index (κ1) is 35.1. The largest absolute Gasteiger partial charge is 0.505 e. The molecule has 0 saturated carbocycles. The summed E-state index contributed by atoms with van der Waals surface area (Å²) < 4.78 is 79.8. The molecule has 5 aromatic rings. The van der Waals surface area contributed by atoms with E-state index in [0.717, 1.165) is 12.1 Å². The highest BCUT2D eigenvalue weighted by molar-refractivity contribution is 8.26. The SMILES string of the molecule is COCCOS(=S)c1ccc2c(S(=O)(=O)O)c(/N=N\c3c(C)cc4cc(S(=O)(=O)O)cc(NC(=O)c5ccccc5)c4c3O)ccc2c1. The number of aromatic hydroxyl groups is 1. The van der Waals surface area contributed by atoms with Crippen molar-refractivity contribution in [2.75, 3.05) is 25.6 Å². The number of hydrogen-bond acceptors (Lipinski definition) is 11. The van der Waals surface area contributed by atoms with Gasteiger partial charge in [-0.1, -0.05) is 30.3 Å². The van der Waals surface area contributed by atoms with Crippen LogP contribution in [-0.4, -0.2) is 57.3 Å². The summed E-state index contributed by atoms with van der Waals surface area (Å²) >= 11 is 5.41. The minimum absolute atomic E-state index is 0.0284. The van der Waals surface area contributed by atoms with Crippen LogP contribution in [0.15, 0.2) is 104 Å². The Balaban J connectivity index is 1.62. The fourth-order valence-electron chi connectivity index (χ4n) is 4.87. The van der Waals surface area contributed by atoms with Crippen molar-refractivity contribution in [3.05, 3.63) is 90.0 Å². The van der Waals surface area contributed by atoms with Crippen molar-refractivity contribution in [1.82, 2.24) is 0 Å². The highest BCUT2D eigenvalue weighted by Crippen LogP contribution is 2.44. The molecule has 0 aromatic heterocycles. The summed E-state index contributed by atoms with van der Waals surface area (Å²) in [5.74, 6) is -1.15. The number of nitrogens with zero attached hydrogens (tertiary/aromatic N) is 2. The van der Waals surface area contributed by atoms with Gasteiger partial charge in [-0.05, 0) is 83.0 Å². The van der Waals surface area contributed by atoms with Crippen LogP contribution < -0.4 is 5.32 Å². The number of aryl methyl sites for hydroxylation is 1. The van der Waals surface area contributed by atoms with Crippen LogP contribution in [0.25, 0.3) is 21.5 Å². The molecule has 1 atom stereocenters. The number of azo groups is 1. The molecule has 0 bridgehead atoms. The molecule has 5 aromatic carbocycles. The number of carbonyl (C=O) groups excluding carboxylic acids is 1. The van der Waals surface area contributed by atoms with Crippen molar-refractivity contribution in [1.29, 1.82) is 0 Å². The van der Waals surface area contributed by atoms with Crippen molar-refractivity contribution in [3.63, 3.8) is 0 Å². The Bertz CT molecular complexity index is 2350. The van der Waals surface area contributed by atoms with E-state index in [0.29, 0.717) is 16.9 Å². The summed E-state index contributed by atoms with van der Waals surface area (Å²) in [6.45, 7) is 2.14. The quantitative estimate of drug-likeness (QED) is 0.0687. The molecule has 17 heteroatoms. The van der Waals surface area contributed by atoms with Gasteiger partial charge in [-0.15, -0.1) is 10.2 Å². The number of carbonyl (C=O) groups is 1. The van der Waals surface area contributed by atoms with E-state index in [2.05, 4.69) is 15.5 Å². The molecule has 48 heavy (non-hydrogen) atoms. The fourth-order valence-corrected chi connectivity index (χ4v) is 7.52. The van der Waals surface area contributed by atoms with Crippen LogP contribution in [0.3, 0.4) is 0 Å². The number of nitrogens with one attached hydrogen (secondary N) is 1. The molecule has 0 fully saturated rings. The number of hydrogen-bond donors (Lipinski definition) is 4. The second-order valence-electron chi connectivity index (χ2n) is 10.3. The highest BCUT2D eigenvalue weighted by Gasteiger charge is 2.23. The average Bonchev–Trinajstić information content (AvgIpc) is 3.03. The van der Waals surface area contributed by atoms with Gasteiger partial charge in [0.2, 0.25) is 0 Å². The van der Waals surface area contributed by atoms with Crippen molar-refractivity contribution in [3.8, 4) is 5.75 Å². The summed E-state index contributed by atoms with van der Waals surface area (Å²) in [6.07, 6.45) is 0. The number of fused-ring (bicyclic) bond motifs is 2. The van der Waals surface area contributed by atoms with Crippen molar-refractivity contribution in [2.45, 2.75) is 21.6 Å². The lowest BCUT2D eigenvalue weighted by Crippen LogP contribution is -2.13. The van der Waals surface area contributed by atoms with Crippen LogP contribution in [0.4, 0.5) is 17.1 Å². The van der Waals surface area contributed by atoms with Gasteiger partial charge < -0.3 is 19.3 Å². The summed E-state index contributed by atoms with van der Waals surface area (Å²) in [5, 5.41) is 22.8.